The third-order valence-electron chi connectivity index (χ3n) is 2.50. The Bertz CT molecular complexity index is 558. The fourth-order valence-electron chi connectivity index (χ4n) is 1.73. The second kappa shape index (κ2) is 4.99. The van der Waals surface area contributed by atoms with E-state index in [9.17, 15) is 4.79 Å². The molecule has 0 saturated carbocycles. The van der Waals surface area contributed by atoms with Crippen LogP contribution in [0.3, 0.4) is 0 Å². The van der Waals surface area contributed by atoms with Crippen LogP contribution in [-0.2, 0) is 18.3 Å². The molecule has 96 valence electrons. The van der Waals surface area contributed by atoms with Crippen LogP contribution in [0, 0.1) is 6.92 Å². The van der Waals surface area contributed by atoms with Gasteiger partial charge in [-0.15, -0.1) is 10.2 Å². The Balaban J connectivity index is 2.26. The maximum absolute atomic E-state index is 11.8. The summed E-state index contributed by atoms with van der Waals surface area (Å²) in [6.07, 6.45) is 1.82. The summed E-state index contributed by atoms with van der Waals surface area (Å²) < 4.78 is 6.80. The summed E-state index contributed by atoms with van der Waals surface area (Å²) in [6.45, 7) is 4.40. The number of ether oxygens (including phenoxy) is 1. The van der Waals surface area contributed by atoms with Crippen molar-refractivity contribution in [2.45, 2.75) is 20.4 Å². The molecule has 0 amide bonds. The molecule has 0 aliphatic heterocycles. The van der Waals surface area contributed by atoms with Crippen LogP contribution in [0.5, 0.6) is 0 Å². The second-order valence-corrected chi connectivity index (χ2v) is 3.89. The van der Waals surface area contributed by atoms with Crippen molar-refractivity contribution in [3.8, 4) is 0 Å². The molecule has 0 aliphatic carbocycles. The van der Waals surface area contributed by atoms with Crippen LogP contribution >= 0.6 is 0 Å². The molecular formula is C11H15N5O2. The van der Waals surface area contributed by atoms with Crippen molar-refractivity contribution in [1.29, 1.82) is 0 Å². The van der Waals surface area contributed by atoms with Gasteiger partial charge >= 0.3 is 5.97 Å². The number of nitrogens with zero attached hydrogens (tertiary/aromatic N) is 5. The molecule has 7 heteroatoms. The molecule has 2 heterocycles. The molecule has 0 fully saturated rings. The lowest BCUT2D eigenvalue weighted by molar-refractivity contribution is 0.0513. The second-order valence-electron chi connectivity index (χ2n) is 3.89. The zero-order chi connectivity index (χ0) is 13.1. The van der Waals surface area contributed by atoms with E-state index in [1.165, 1.54) is 4.80 Å². The predicted molar refractivity (Wildman–Crippen MR) is 63.0 cm³/mol. The van der Waals surface area contributed by atoms with Crippen molar-refractivity contribution >= 4 is 5.97 Å². The van der Waals surface area contributed by atoms with Gasteiger partial charge in [-0.3, -0.25) is 0 Å². The zero-order valence-corrected chi connectivity index (χ0v) is 10.6. The van der Waals surface area contributed by atoms with Crippen molar-refractivity contribution in [3.63, 3.8) is 0 Å². The van der Waals surface area contributed by atoms with Gasteiger partial charge in [0.25, 0.3) is 0 Å². The minimum absolute atomic E-state index is 0.330. The quantitative estimate of drug-likeness (QED) is 0.739. The average molecular weight is 249 g/mol. The van der Waals surface area contributed by atoms with E-state index in [1.54, 1.807) is 18.5 Å². The molecule has 0 bridgehead atoms. The van der Waals surface area contributed by atoms with Crippen molar-refractivity contribution in [1.82, 2.24) is 24.8 Å². The molecule has 7 nitrogen and oxygen atoms in total. The molecule has 0 aliphatic rings. The van der Waals surface area contributed by atoms with Crippen LogP contribution < -0.4 is 0 Å². The summed E-state index contributed by atoms with van der Waals surface area (Å²) in [6, 6.07) is 1.86. The number of tetrazole rings is 1. The zero-order valence-electron chi connectivity index (χ0n) is 10.6. The van der Waals surface area contributed by atoms with E-state index in [4.69, 9.17) is 4.74 Å². The van der Waals surface area contributed by atoms with Gasteiger partial charge in [0.05, 0.1) is 20.2 Å². The monoisotopic (exact) mass is 249 g/mol. The van der Waals surface area contributed by atoms with E-state index in [0.29, 0.717) is 24.7 Å². The average Bonchev–Trinajstić information content (AvgIpc) is 2.87. The van der Waals surface area contributed by atoms with E-state index in [1.807, 2.05) is 19.2 Å². The number of aromatic nitrogens is 5. The number of carbonyl (C=O) groups is 1. The first-order valence-electron chi connectivity index (χ1n) is 5.67. The Morgan fingerprint density at radius 2 is 2.28 bits per heavy atom. The summed E-state index contributed by atoms with van der Waals surface area (Å²) in [4.78, 5) is 13.2. The van der Waals surface area contributed by atoms with Gasteiger partial charge in [-0.25, -0.2) is 4.79 Å². The molecule has 2 rings (SSSR count). The van der Waals surface area contributed by atoms with E-state index >= 15 is 0 Å². The van der Waals surface area contributed by atoms with Gasteiger partial charge in [0, 0.05) is 6.20 Å². The van der Waals surface area contributed by atoms with Crippen molar-refractivity contribution < 1.29 is 9.53 Å². The highest BCUT2D eigenvalue weighted by Gasteiger charge is 2.16. The minimum Gasteiger partial charge on any atom is -0.461 e. The summed E-state index contributed by atoms with van der Waals surface area (Å²) in [5.41, 5.74) is 1.40. The maximum Gasteiger partial charge on any atom is 0.355 e. The highest BCUT2D eigenvalue weighted by atomic mass is 16.5. The summed E-state index contributed by atoms with van der Waals surface area (Å²) in [7, 11) is 1.70. The Kier molecular flexibility index (Phi) is 3.40. The fraction of sp³-hybridized carbons (Fsp3) is 0.455. The van der Waals surface area contributed by atoms with Gasteiger partial charge in [-0.2, -0.15) is 4.80 Å². The van der Waals surface area contributed by atoms with Crippen LogP contribution in [0.4, 0.5) is 0 Å². The van der Waals surface area contributed by atoms with Crippen LogP contribution in [0.2, 0.25) is 0 Å². The van der Waals surface area contributed by atoms with Gasteiger partial charge in [-0.05, 0) is 30.7 Å². The minimum atomic E-state index is -0.330. The largest absolute Gasteiger partial charge is 0.461 e. The van der Waals surface area contributed by atoms with Crippen molar-refractivity contribution in [2.24, 2.45) is 7.05 Å². The molecule has 0 unspecified atom stereocenters. The Labute approximate surface area is 104 Å². The number of hydrogen-bond acceptors (Lipinski definition) is 5. The molecule has 0 radical (unpaired) electrons. The number of aryl methyl sites for hydroxylation is 2. The Morgan fingerprint density at radius 3 is 2.89 bits per heavy atom. The van der Waals surface area contributed by atoms with Gasteiger partial charge in [0.15, 0.2) is 5.82 Å². The highest BCUT2D eigenvalue weighted by molar-refractivity contribution is 5.89. The molecule has 0 atom stereocenters. The van der Waals surface area contributed by atoms with Crippen molar-refractivity contribution in [3.05, 3.63) is 29.3 Å². The van der Waals surface area contributed by atoms with Gasteiger partial charge in [0.2, 0.25) is 0 Å². The molecule has 0 aromatic carbocycles. The van der Waals surface area contributed by atoms with Crippen LogP contribution in [0.1, 0.15) is 28.8 Å². The number of esters is 1. The summed E-state index contributed by atoms with van der Waals surface area (Å²) >= 11 is 0. The van der Waals surface area contributed by atoms with E-state index in [-0.39, 0.29) is 5.97 Å². The third kappa shape index (κ3) is 2.39. The first-order chi connectivity index (χ1) is 8.61. The lowest BCUT2D eigenvalue weighted by Crippen LogP contribution is -2.14. The lowest BCUT2D eigenvalue weighted by Gasteiger charge is -2.07. The molecule has 0 spiro atoms. The highest BCUT2D eigenvalue weighted by Crippen LogP contribution is 2.12. The third-order valence-corrected chi connectivity index (χ3v) is 2.50. The number of hydrogen-bond donors (Lipinski definition) is 0. The topological polar surface area (TPSA) is 74.8 Å². The number of rotatable bonds is 4. The van der Waals surface area contributed by atoms with E-state index in [2.05, 4.69) is 15.4 Å². The lowest BCUT2D eigenvalue weighted by atomic mass is 10.3. The molecular weight excluding hydrogens is 234 g/mol. The fourth-order valence-corrected chi connectivity index (χ4v) is 1.73. The molecule has 0 saturated heterocycles. The molecule has 2 aromatic rings. The normalized spacial score (nSPS) is 10.6. The van der Waals surface area contributed by atoms with Gasteiger partial charge in [0.1, 0.15) is 5.69 Å². The van der Waals surface area contributed by atoms with Gasteiger partial charge < -0.3 is 9.30 Å². The first kappa shape index (κ1) is 12.3. The smallest absolute Gasteiger partial charge is 0.355 e. The van der Waals surface area contributed by atoms with E-state index < -0.39 is 0 Å². The molecule has 18 heavy (non-hydrogen) atoms. The van der Waals surface area contributed by atoms with Crippen LogP contribution in [0.25, 0.3) is 0 Å². The number of carbonyl (C=O) groups excluding carboxylic acids is 1. The molecule has 2 aromatic heterocycles. The summed E-state index contributed by atoms with van der Waals surface area (Å²) in [5.74, 6) is 0.225. The van der Waals surface area contributed by atoms with Crippen LogP contribution in [0.15, 0.2) is 12.3 Å². The van der Waals surface area contributed by atoms with Crippen molar-refractivity contribution in [2.75, 3.05) is 6.61 Å². The maximum atomic E-state index is 11.8. The Morgan fingerprint density at radius 1 is 1.50 bits per heavy atom. The first-order valence-corrected chi connectivity index (χ1v) is 5.67. The Hall–Kier alpha value is -2.18. The predicted octanol–water partition coefficient (Wildman–Crippen LogP) is 0.545. The van der Waals surface area contributed by atoms with Crippen LogP contribution in [-0.4, -0.2) is 37.4 Å². The van der Waals surface area contributed by atoms with E-state index in [0.717, 1.165) is 5.56 Å². The van der Waals surface area contributed by atoms with Gasteiger partial charge in [-0.1, -0.05) is 0 Å². The standard InChI is InChI=1S/C11H15N5O2/c1-4-18-11(17)10-8(2)5-6-16(10)7-9-12-14-15(3)13-9/h5-6H,4,7H2,1-3H3. The SMILES string of the molecule is CCOC(=O)c1c(C)ccn1Cc1nnn(C)n1. The molecule has 0 N–H and O–H groups in total. The summed E-state index contributed by atoms with van der Waals surface area (Å²) in [5, 5.41) is 11.7.